The van der Waals surface area contributed by atoms with E-state index in [0.29, 0.717) is 25.9 Å². The third kappa shape index (κ3) is 42.2. The summed E-state index contributed by atoms with van der Waals surface area (Å²) in [6, 6.07) is -0.549. The van der Waals surface area contributed by atoms with Crippen molar-refractivity contribution in [2.24, 2.45) is 0 Å². The molecule has 1 amide bonds. The van der Waals surface area contributed by atoms with Gasteiger partial charge >= 0.3 is 5.97 Å². The fourth-order valence-corrected chi connectivity index (χ4v) is 7.69. The minimum Gasteiger partial charge on any atom is -0.466 e. The Bertz CT molecular complexity index is 832. The molecule has 0 saturated carbocycles. The molecule has 0 aliphatic rings. The summed E-state index contributed by atoms with van der Waals surface area (Å²) in [4.78, 5) is 24.4. The maximum atomic E-state index is 12.4. The molecule has 0 bridgehead atoms. The molecule has 56 heavy (non-hydrogen) atoms. The minimum atomic E-state index is -0.671. The SMILES string of the molecule is CCCCCCC/C=C\CCCCCCCC(=O)OCCCCCCCCCCCCCCCC(=O)NC(CO)C(O)CCCCCCCCCCCCCC. The number of rotatable bonds is 46. The minimum absolute atomic E-state index is 0.0140. The molecule has 0 spiro atoms. The van der Waals surface area contributed by atoms with Crippen LogP contribution in [0.15, 0.2) is 12.2 Å². The topological polar surface area (TPSA) is 95.9 Å². The maximum Gasteiger partial charge on any atom is 0.305 e. The van der Waals surface area contributed by atoms with Crippen LogP contribution in [0, 0.1) is 0 Å². The van der Waals surface area contributed by atoms with Crippen LogP contribution in [0.3, 0.4) is 0 Å². The Kier molecular flexibility index (Phi) is 45.1. The molecule has 6 heteroatoms. The molecule has 0 fully saturated rings. The molecule has 0 heterocycles. The first-order chi connectivity index (χ1) is 27.5. The molecule has 0 aromatic carbocycles. The Morgan fingerprint density at radius 2 is 0.839 bits per heavy atom. The van der Waals surface area contributed by atoms with Gasteiger partial charge in [0.15, 0.2) is 0 Å². The van der Waals surface area contributed by atoms with Crippen molar-refractivity contribution in [2.75, 3.05) is 13.2 Å². The van der Waals surface area contributed by atoms with Crippen LogP contribution < -0.4 is 5.32 Å². The van der Waals surface area contributed by atoms with Crippen molar-refractivity contribution in [3.8, 4) is 0 Å². The van der Waals surface area contributed by atoms with Crippen molar-refractivity contribution in [2.45, 2.75) is 283 Å². The average molecular weight is 792 g/mol. The number of unbranched alkanes of at least 4 members (excludes halogenated alkanes) is 33. The van der Waals surface area contributed by atoms with Gasteiger partial charge in [-0.1, -0.05) is 219 Å². The van der Waals surface area contributed by atoms with Crippen LogP contribution in [-0.2, 0) is 14.3 Å². The van der Waals surface area contributed by atoms with Crippen molar-refractivity contribution < 1.29 is 24.5 Å². The number of ether oxygens (including phenoxy) is 1. The Balaban J connectivity index is 3.44. The quantitative estimate of drug-likeness (QED) is 0.0324. The highest BCUT2D eigenvalue weighted by Crippen LogP contribution is 2.16. The first-order valence-electron chi connectivity index (χ1n) is 24.9. The van der Waals surface area contributed by atoms with Gasteiger partial charge < -0.3 is 20.3 Å². The zero-order valence-corrected chi connectivity index (χ0v) is 37.6. The van der Waals surface area contributed by atoms with Crippen LogP contribution in [0.5, 0.6) is 0 Å². The summed E-state index contributed by atoms with van der Waals surface area (Å²) < 4.78 is 5.45. The van der Waals surface area contributed by atoms with E-state index in [0.717, 1.165) is 51.4 Å². The molecule has 0 radical (unpaired) electrons. The normalized spacial score (nSPS) is 12.7. The van der Waals surface area contributed by atoms with E-state index < -0.39 is 12.1 Å². The van der Waals surface area contributed by atoms with Crippen molar-refractivity contribution in [1.82, 2.24) is 5.32 Å². The number of aliphatic hydroxyl groups is 2. The summed E-state index contributed by atoms with van der Waals surface area (Å²) in [5.74, 6) is -0.0625. The molecule has 0 aliphatic carbocycles. The summed E-state index contributed by atoms with van der Waals surface area (Å²) in [7, 11) is 0. The van der Waals surface area contributed by atoms with E-state index in [1.54, 1.807) is 0 Å². The molecular weight excluding hydrogens is 695 g/mol. The standard InChI is InChI=1S/C50H97NO5/c1-3-5-7-9-11-13-15-17-20-24-28-32-36-40-44-50(55)56-45-41-37-33-29-25-21-18-19-23-27-31-35-39-43-49(54)51-47(46-52)48(53)42-38-34-30-26-22-16-14-12-10-8-6-4-2/h15,17,47-48,52-53H,3-14,16,18-46H2,1-2H3,(H,51,54)/b17-15-. The molecule has 0 saturated heterocycles. The molecule has 6 nitrogen and oxygen atoms in total. The van der Waals surface area contributed by atoms with Crippen LogP contribution in [0.2, 0.25) is 0 Å². The predicted octanol–water partition coefficient (Wildman–Crippen LogP) is 14.6. The van der Waals surface area contributed by atoms with E-state index in [1.165, 1.54) is 186 Å². The summed E-state index contributed by atoms with van der Waals surface area (Å²) in [5.41, 5.74) is 0. The van der Waals surface area contributed by atoms with E-state index >= 15 is 0 Å². The van der Waals surface area contributed by atoms with Gasteiger partial charge in [-0.15, -0.1) is 0 Å². The highest BCUT2D eigenvalue weighted by Gasteiger charge is 2.20. The van der Waals surface area contributed by atoms with Gasteiger partial charge in [0.2, 0.25) is 5.91 Å². The molecule has 0 aromatic heterocycles. The molecule has 332 valence electrons. The summed E-state index contributed by atoms with van der Waals surface area (Å²) in [5, 5.41) is 23.1. The lowest BCUT2D eigenvalue weighted by Gasteiger charge is -2.22. The Morgan fingerprint density at radius 3 is 1.27 bits per heavy atom. The number of carbonyl (C=O) groups excluding carboxylic acids is 2. The number of hydrogen-bond acceptors (Lipinski definition) is 5. The summed E-state index contributed by atoms with van der Waals surface area (Å²) in [6.07, 6.45) is 51.7. The molecule has 0 aliphatic heterocycles. The van der Waals surface area contributed by atoms with Crippen molar-refractivity contribution in [3.63, 3.8) is 0 Å². The first-order valence-corrected chi connectivity index (χ1v) is 24.9. The number of hydrogen-bond donors (Lipinski definition) is 3. The zero-order valence-electron chi connectivity index (χ0n) is 37.6. The Hall–Kier alpha value is -1.40. The molecule has 3 N–H and O–H groups in total. The van der Waals surface area contributed by atoms with Crippen molar-refractivity contribution >= 4 is 11.9 Å². The number of esters is 1. The van der Waals surface area contributed by atoms with Crippen molar-refractivity contribution in [3.05, 3.63) is 12.2 Å². The number of allylic oxidation sites excluding steroid dienone is 2. The van der Waals surface area contributed by atoms with Crippen LogP contribution in [0.1, 0.15) is 271 Å². The monoisotopic (exact) mass is 792 g/mol. The second kappa shape index (κ2) is 46.3. The average Bonchev–Trinajstić information content (AvgIpc) is 3.20. The molecular formula is C50H97NO5. The smallest absolute Gasteiger partial charge is 0.305 e. The number of amides is 1. The molecule has 0 rings (SSSR count). The van der Waals surface area contributed by atoms with Gasteiger partial charge in [-0.2, -0.15) is 0 Å². The Morgan fingerprint density at radius 1 is 0.482 bits per heavy atom. The number of nitrogens with one attached hydrogen (secondary N) is 1. The van der Waals surface area contributed by atoms with Crippen LogP contribution in [0.4, 0.5) is 0 Å². The molecule has 2 atom stereocenters. The highest BCUT2D eigenvalue weighted by molar-refractivity contribution is 5.76. The molecule has 2 unspecified atom stereocenters. The molecule has 0 aromatic rings. The second-order valence-electron chi connectivity index (χ2n) is 17.1. The van der Waals surface area contributed by atoms with E-state index in [1.807, 2.05) is 0 Å². The zero-order chi connectivity index (χ0) is 40.8. The third-order valence-corrected chi connectivity index (χ3v) is 11.6. The van der Waals surface area contributed by atoms with E-state index in [9.17, 15) is 19.8 Å². The number of aliphatic hydroxyl groups excluding tert-OH is 2. The fraction of sp³-hybridized carbons (Fsp3) is 0.920. The highest BCUT2D eigenvalue weighted by atomic mass is 16.5. The van der Waals surface area contributed by atoms with Gasteiger partial charge in [0.25, 0.3) is 0 Å². The van der Waals surface area contributed by atoms with Gasteiger partial charge in [-0.3, -0.25) is 9.59 Å². The van der Waals surface area contributed by atoms with Crippen LogP contribution in [-0.4, -0.2) is 47.4 Å². The van der Waals surface area contributed by atoms with Gasteiger partial charge in [0.1, 0.15) is 0 Å². The van der Waals surface area contributed by atoms with Crippen LogP contribution >= 0.6 is 0 Å². The largest absolute Gasteiger partial charge is 0.466 e. The van der Waals surface area contributed by atoms with Gasteiger partial charge in [0, 0.05) is 12.8 Å². The lowest BCUT2D eigenvalue weighted by molar-refractivity contribution is -0.143. The van der Waals surface area contributed by atoms with Gasteiger partial charge in [0.05, 0.1) is 25.4 Å². The van der Waals surface area contributed by atoms with E-state index in [-0.39, 0.29) is 18.5 Å². The summed E-state index contributed by atoms with van der Waals surface area (Å²) in [6.45, 7) is 4.91. The maximum absolute atomic E-state index is 12.4. The van der Waals surface area contributed by atoms with Crippen LogP contribution in [0.25, 0.3) is 0 Å². The van der Waals surface area contributed by atoms with E-state index in [2.05, 4.69) is 31.3 Å². The predicted molar refractivity (Wildman–Crippen MR) is 241 cm³/mol. The van der Waals surface area contributed by atoms with Gasteiger partial charge in [-0.25, -0.2) is 0 Å². The third-order valence-electron chi connectivity index (χ3n) is 11.6. The number of carbonyl (C=O) groups is 2. The lowest BCUT2D eigenvalue weighted by Crippen LogP contribution is -2.45. The lowest BCUT2D eigenvalue weighted by atomic mass is 10.0. The second-order valence-corrected chi connectivity index (χ2v) is 17.1. The van der Waals surface area contributed by atoms with Gasteiger partial charge in [-0.05, 0) is 51.4 Å². The summed E-state index contributed by atoms with van der Waals surface area (Å²) >= 11 is 0. The van der Waals surface area contributed by atoms with Crippen molar-refractivity contribution in [1.29, 1.82) is 0 Å². The van der Waals surface area contributed by atoms with E-state index in [4.69, 9.17) is 4.74 Å². The first kappa shape index (κ1) is 54.6. The Labute approximate surface area is 349 Å². The fourth-order valence-electron chi connectivity index (χ4n) is 7.69.